The summed E-state index contributed by atoms with van der Waals surface area (Å²) in [6.07, 6.45) is 5.40. The second kappa shape index (κ2) is 12.2. The van der Waals surface area contributed by atoms with Crippen molar-refractivity contribution >= 4 is 40.8 Å². The molecule has 4 aliphatic rings. The van der Waals surface area contributed by atoms with Gasteiger partial charge in [0.1, 0.15) is 22.5 Å². The summed E-state index contributed by atoms with van der Waals surface area (Å²) in [7, 11) is 0. The van der Waals surface area contributed by atoms with Crippen molar-refractivity contribution in [1.82, 2.24) is 20.1 Å². The molecule has 2 saturated heterocycles. The SMILES string of the molecule is C[C@@H]1CCCN(C(=O)C2(C)COC2)C1.N#Cc1ccnc(NC(=O)c2ccc(C3=C4C(N)=NC=C(Cl)N4CN3)cc2)c1. The first-order valence-electron chi connectivity index (χ1n) is 13.8. The van der Waals surface area contributed by atoms with Crippen molar-refractivity contribution < 1.29 is 14.3 Å². The number of nitrogens with one attached hydrogen (secondary N) is 2. The van der Waals surface area contributed by atoms with Gasteiger partial charge in [0, 0.05) is 24.8 Å². The van der Waals surface area contributed by atoms with Crippen LogP contribution in [0.25, 0.3) is 5.70 Å². The lowest BCUT2D eigenvalue weighted by atomic mass is 9.85. The number of pyridine rings is 1. The number of nitrogens with zero attached hydrogens (tertiary/aromatic N) is 5. The van der Waals surface area contributed by atoms with Gasteiger partial charge in [0.05, 0.1) is 48.8 Å². The Morgan fingerprint density at radius 2 is 2.02 bits per heavy atom. The minimum Gasteiger partial charge on any atom is -0.382 e. The molecule has 12 heteroatoms. The molecule has 0 spiro atoms. The van der Waals surface area contributed by atoms with Crippen LogP contribution in [0.3, 0.4) is 0 Å². The lowest BCUT2D eigenvalue weighted by Gasteiger charge is -2.42. The quantitative estimate of drug-likeness (QED) is 0.460. The van der Waals surface area contributed by atoms with Gasteiger partial charge in [-0.3, -0.25) is 9.59 Å². The highest BCUT2D eigenvalue weighted by Gasteiger charge is 2.44. The smallest absolute Gasteiger partial charge is 0.256 e. The summed E-state index contributed by atoms with van der Waals surface area (Å²) in [4.78, 5) is 36.5. The fourth-order valence-electron chi connectivity index (χ4n) is 5.23. The molecule has 1 aromatic carbocycles. The predicted molar refractivity (Wildman–Crippen MR) is 160 cm³/mol. The molecular formula is C30H33ClN8O3. The number of rotatable bonds is 4. The lowest BCUT2D eigenvalue weighted by Crippen LogP contribution is -2.55. The zero-order chi connectivity index (χ0) is 29.9. The number of fused-ring (bicyclic) bond motifs is 1. The Morgan fingerprint density at radius 1 is 1.26 bits per heavy atom. The third-order valence-electron chi connectivity index (χ3n) is 7.60. The molecule has 1 aromatic heterocycles. The van der Waals surface area contributed by atoms with E-state index >= 15 is 0 Å². The minimum absolute atomic E-state index is 0.211. The zero-order valence-corrected chi connectivity index (χ0v) is 24.3. The Morgan fingerprint density at radius 3 is 2.69 bits per heavy atom. The normalized spacial score (nSPS) is 20.5. The number of nitrogens with two attached hydrogens (primary N) is 1. The van der Waals surface area contributed by atoms with Crippen LogP contribution in [0.2, 0.25) is 0 Å². The highest BCUT2D eigenvalue weighted by Crippen LogP contribution is 2.32. The average molecular weight is 589 g/mol. The monoisotopic (exact) mass is 588 g/mol. The molecule has 2 fully saturated rings. The Bertz CT molecular complexity index is 1510. The molecule has 2 amide bonds. The van der Waals surface area contributed by atoms with Gasteiger partial charge in [0.2, 0.25) is 5.91 Å². The van der Waals surface area contributed by atoms with Crippen molar-refractivity contribution in [2.24, 2.45) is 22.1 Å². The van der Waals surface area contributed by atoms with Crippen molar-refractivity contribution in [3.63, 3.8) is 0 Å². The van der Waals surface area contributed by atoms with Crippen LogP contribution in [0.4, 0.5) is 5.82 Å². The Kier molecular flexibility index (Phi) is 8.47. The van der Waals surface area contributed by atoms with Gasteiger partial charge < -0.3 is 30.9 Å². The van der Waals surface area contributed by atoms with Gasteiger partial charge >= 0.3 is 0 Å². The van der Waals surface area contributed by atoms with Crippen LogP contribution in [-0.4, -0.2) is 65.4 Å². The van der Waals surface area contributed by atoms with Crippen LogP contribution in [0.1, 0.15) is 48.2 Å². The highest BCUT2D eigenvalue weighted by atomic mass is 35.5. The molecule has 1 atom stereocenters. The maximum Gasteiger partial charge on any atom is 0.256 e. The maximum absolute atomic E-state index is 12.4. The number of nitriles is 1. The first-order chi connectivity index (χ1) is 20.2. The van der Waals surface area contributed by atoms with Crippen molar-refractivity contribution in [2.75, 3.05) is 38.3 Å². The molecule has 11 nitrogen and oxygen atoms in total. The van der Waals surface area contributed by atoms with Gasteiger partial charge in [-0.1, -0.05) is 30.7 Å². The van der Waals surface area contributed by atoms with Crippen molar-refractivity contribution in [3.8, 4) is 6.07 Å². The molecule has 0 unspecified atom stereocenters. The number of carbonyl (C=O) groups is 2. The topological polar surface area (TPSA) is 149 Å². The number of piperidine rings is 1. The molecule has 0 aliphatic carbocycles. The highest BCUT2D eigenvalue weighted by molar-refractivity contribution is 6.30. The van der Waals surface area contributed by atoms with E-state index in [9.17, 15) is 9.59 Å². The van der Waals surface area contributed by atoms with Crippen molar-refractivity contribution in [1.29, 1.82) is 5.26 Å². The summed E-state index contributed by atoms with van der Waals surface area (Å²) in [6, 6.07) is 12.1. The Labute approximate surface area is 249 Å². The van der Waals surface area contributed by atoms with E-state index in [1.807, 2.05) is 34.9 Å². The van der Waals surface area contributed by atoms with E-state index in [2.05, 4.69) is 27.5 Å². The largest absolute Gasteiger partial charge is 0.382 e. The van der Waals surface area contributed by atoms with Gasteiger partial charge in [-0.2, -0.15) is 5.26 Å². The molecule has 0 bridgehead atoms. The average Bonchev–Trinajstić information content (AvgIpc) is 3.45. The van der Waals surface area contributed by atoms with E-state index < -0.39 is 0 Å². The maximum atomic E-state index is 12.4. The number of anilines is 1. The minimum atomic E-state index is -0.322. The van der Waals surface area contributed by atoms with E-state index in [1.54, 1.807) is 18.2 Å². The number of benzene rings is 1. The summed E-state index contributed by atoms with van der Waals surface area (Å²) in [5, 5.41) is 15.3. The zero-order valence-electron chi connectivity index (χ0n) is 23.6. The number of hydrogen-bond acceptors (Lipinski definition) is 9. The number of aromatic nitrogens is 1. The molecule has 0 radical (unpaired) electrons. The Hall–Kier alpha value is -4.40. The number of likely N-dealkylation sites (tertiary alicyclic amines) is 1. The van der Waals surface area contributed by atoms with Gasteiger partial charge in [-0.15, -0.1) is 0 Å². The number of halogens is 1. The van der Waals surface area contributed by atoms with Crippen LogP contribution in [-0.2, 0) is 9.53 Å². The van der Waals surface area contributed by atoms with E-state index in [1.165, 1.54) is 24.9 Å². The van der Waals surface area contributed by atoms with E-state index in [-0.39, 0.29) is 11.3 Å². The van der Waals surface area contributed by atoms with Crippen LogP contribution in [0.15, 0.2) is 64.6 Å². The van der Waals surface area contributed by atoms with E-state index in [4.69, 9.17) is 27.3 Å². The first kappa shape index (κ1) is 29.1. The Balaban J connectivity index is 0.000000211. The van der Waals surface area contributed by atoms with Gasteiger partial charge in [0.15, 0.2) is 0 Å². The third-order valence-corrected chi connectivity index (χ3v) is 7.90. The fraction of sp³-hybridized carbons (Fsp3) is 0.367. The number of ether oxygens (including phenoxy) is 1. The summed E-state index contributed by atoms with van der Waals surface area (Å²) in [5.41, 5.74) is 9.03. The molecule has 4 aliphatic heterocycles. The molecular weight excluding hydrogens is 556 g/mol. The fourth-order valence-corrected chi connectivity index (χ4v) is 5.42. The van der Waals surface area contributed by atoms with Crippen LogP contribution < -0.4 is 16.4 Å². The van der Waals surface area contributed by atoms with Crippen LogP contribution in [0.5, 0.6) is 0 Å². The molecule has 218 valence electrons. The van der Waals surface area contributed by atoms with Gasteiger partial charge in [-0.25, -0.2) is 9.98 Å². The van der Waals surface area contributed by atoms with Gasteiger partial charge in [0.25, 0.3) is 5.91 Å². The second-order valence-corrected chi connectivity index (χ2v) is 11.5. The molecule has 4 N–H and O–H groups in total. The standard InChI is InChI=1S/C19H14ClN7O.C11H19NO2/c20-14-9-24-18(22)17-16(25-10-27(14)17)12-1-3-13(4-2-12)19(28)26-15-7-11(8-21)5-6-23-15;1-9-4-3-5-12(6-9)10(13)11(2)7-14-8-11/h1-7,9,25H,10H2,(H2,22,24)(H,23,26,28);9H,3-8H2,1-2H3/t;9-/m.1/s1. The summed E-state index contributed by atoms with van der Waals surface area (Å²) < 4.78 is 5.13. The van der Waals surface area contributed by atoms with Gasteiger partial charge in [-0.05, 0) is 55.5 Å². The second-order valence-electron chi connectivity index (χ2n) is 11.1. The van der Waals surface area contributed by atoms with Crippen LogP contribution in [0, 0.1) is 22.7 Å². The summed E-state index contributed by atoms with van der Waals surface area (Å²) >= 11 is 6.17. The summed E-state index contributed by atoms with van der Waals surface area (Å²) in [6.45, 7) is 7.82. The van der Waals surface area contributed by atoms with E-state index in [0.29, 0.717) is 65.3 Å². The molecule has 42 heavy (non-hydrogen) atoms. The number of carbonyl (C=O) groups excluding carboxylic acids is 2. The summed E-state index contributed by atoms with van der Waals surface area (Å²) in [5.74, 6) is 1.33. The number of amidine groups is 1. The number of aliphatic imine (C=N–C) groups is 1. The number of amides is 2. The van der Waals surface area contributed by atoms with Crippen molar-refractivity contribution in [3.05, 3.63) is 76.3 Å². The lowest BCUT2D eigenvalue weighted by molar-refractivity contribution is -0.170. The molecule has 2 aromatic rings. The third kappa shape index (κ3) is 6.10. The van der Waals surface area contributed by atoms with E-state index in [0.717, 1.165) is 30.8 Å². The first-order valence-corrected chi connectivity index (χ1v) is 14.2. The molecule has 6 rings (SSSR count). The number of hydrogen-bond donors (Lipinski definition) is 3. The molecule has 0 saturated carbocycles. The van der Waals surface area contributed by atoms with Crippen molar-refractivity contribution in [2.45, 2.75) is 26.7 Å². The van der Waals surface area contributed by atoms with Crippen LogP contribution >= 0.6 is 11.6 Å². The predicted octanol–water partition coefficient (Wildman–Crippen LogP) is 3.43. The molecule has 5 heterocycles.